The third-order valence-electron chi connectivity index (χ3n) is 4.64. The summed E-state index contributed by atoms with van der Waals surface area (Å²) in [6.07, 6.45) is 2.38. The molecule has 28 heavy (non-hydrogen) atoms. The van der Waals surface area contributed by atoms with Gasteiger partial charge in [-0.05, 0) is 48.4 Å². The summed E-state index contributed by atoms with van der Waals surface area (Å²) in [4.78, 5) is 27.7. The van der Waals surface area contributed by atoms with Crippen LogP contribution in [0.15, 0.2) is 41.8 Å². The van der Waals surface area contributed by atoms with Crippen molar-refractivity contribution in [1.29, 1.82) is 0 Å². The van der Waals surface area contributed by atoms with E-state index in [2.05, 4.69) is 10.1 Å². The quantitative estimate of drug-likeness (QED) is 0.730. The molecule has 0 radical (unpaired) electrons. The lowest BCUT2D eigenvalue weighted by atomic mass is 10.1. The van der Waals surface area contributed by atoms with E-state index >= 15 is 0 Å². The van der Waals surface area contributed by atoms with E-state index in [9.17, 15) is 18.4 Å². The van der Waals surface area contributed by atoms with Gasteiger partial charge in [0.25, 0.3) is 0 Å². The van der Waals surface area contributed by atoms with Crippen molar-refractivity contribution in [2.24, 2.45) is 0 Å². The number of halogens is 2. The fourth-order valence-corrected chi connectivity index (χ4v) is 3.98. The van der Waals surface area contributed by atoms with E-state index in [0.29, 0.717) is 32.4 Å². The molecule has 150 valence electrons. The van der Waals surface area contributed by atoms with Crippen LogP contribution in [0.3, 0.4) is 0 Å². The zero-order valence-electron chi connectivity index (χ0n) is 15.3. The molecule has 0 bridgehead atoms. The highest BCUT2D eigenvalue weighted by Gasteiger charge is 2.33. The summed E-state index contributed by atoms with van der Waals surface area (Å²) in [7, 11) is 0. The number of nitrogens with zero attached hydrogens (tertiary/aromatic N) is 1. The second-order valence-electron chi connectivity index (χ2n) is 6.56. The summed E-state index contributed by atoms with van der Waals surface area (Å²) < 4.78 is 28.6. The molecule has 3 rings (SSSR count). The second kappa shape index (κ2) is 9.64. The van der Waals surface area contributed by atoms with Gasteiger partial charge in [0.05, 0.1) is 6.42 Å². The normalized spacial score (nSPS) is 16.4. The molecule has 1 aliphatic rings. The van der Waals surface area contributed by atoms with Crippen molar-refractivity contribution < 1.29 is 23.1 Å². The molecule has 0 saturated carbocycles. The van der Waals surface area contributed by atoms with Crippen LogP contribution >= 0.6 is 11.3 Å². The first-order chi connectivity index (χ1) is 13.5. The Labute approximate surface area is 166 Å². The van der Waals surface area contributed by atoms with Gasteiger partial charge in [0.2, 0.25) is 11.8 Å². The molecule has 0 spiro atoms. The molecule has 2 amide bonds. The van der Waals surface area contributed by atoms with Gasteiger partial charge in [-0.2, -0.15) is 8.78 Å². The molecule has 1 atom stereocenters. The second-order valence-corrected chi connectivity index (χ2v) is 7.60. The van der Waals surface area contributed by atoms with Crippen LogP contribution in [0.2, 0.25) is 0 Å². The van der Waals surface area contributed by atoms with Gasteiger partial charge in [0.15, 0.2) is 0 Å². The first-order valence-corrected chi connectivity index (χ1v) is 10.0. The zero-order valence-corrected chi connectivity index (χ0v) is 16.1. The summed E-state index contributed by atoms with van der Waals surface area (Å²) in [6, 6.07) is 9.75. The standard InChI is InChI=1S/C20H22F2N2O3S/c21-20(22)27-15-7-5-14(6-8-15)9-10-23-19(26)17-4-1-11-24(17)18(25)13-16-3-2-12-28-16/h2-3,5-8,12,17,20H,1,4,9-11,13H2,(H,23,26)/t17-/m1/s1. The number of alkyl halides is 2. The third-order valence-corrected chi connectivity index (χ3v) is 5.52. The number of likely N-dealkylation sites (tertiary alicyclic amines) is 1. The summed E-state index contributed by atoms with van der Waals surface area (Å²) in [5.74, 6) is -0.0574. The Kier molecular flexibility index (Phi) is 6.97. The highest BCUT2D eigenvalue weighted by atomic mass is 32.1. The highest BCUT2D eigenvalue weighted by molar-refractivity contribution is 7.10. The van der Waals surface area contributed by atoms with E-state index in [0.717, 1.165) is 16.9 Å². The number of hydrogen-bond acceptors (Lipinski definition) is 4. The number of amides is 2. The molecule has 1 fully saturated rings. The van der Waals surface area contributed by atoms with E-state index in [4.69, 9.17) is 0 Å². The number of benzene rings is 1. The van der Waals surface area contributed by atoms with Crippen LogP contribution < -0.4 is 10.1 Å². The largest absolute Gasteiger partial charge is 0.435 e. The lowest BCUT2D eigenvalue weighted by molar-refractivity contribution is -0.137. The molecule has 1 aliphatic heterocycles. The van der Waals surface area contributed by atoms with Crippen molar-refractivity contribution in [2.45, 2.75) is 38.3 Å². The maximum Gasteiger partial charge on any atom is 0.387 e. The van der Waals surface area contributed by atoms with Crippen molar-refractivity contribution in [3.05, 3.63) is 52.2 Å². The van der Waals surface area contributed by atoms with Crippen LogP contribution in [0, 0.1) is 0 Å². The smallest absolute Gasteiger partial charge is 0.387 e. The minimum absolute atomic E-state index is 0.0188. The molecular weight excluding hydrogens is 386 g/mol. The van der Waals surface area contributed by atoms with E-state index in [1.165, 1.54) is 23.5 Å². The Morgan fingerprint density at radius 1 is 1.25 bits per heavy atom. The predicted molar refractivity (Wildman–Crippen MR) is 103 cm³/mol. The van der Waals surface area contributed by atoms with Gasteiger partial charge in [-0.15, -0.1) is 11.3 Å². The van der Waals surface area contributed by atoms with Crippen molar-refractivity contribution in [1.82, 2.24) is 10.2 Å². The fraction of sp³-hybridized carbons (Fsp3) is 0.400. The number of carbonyl (C=O) groups is 2. The van der Waals surface area contributed by atoms with Crippen molar-refractivity contribution in [3.8, 4) is 5.75 Å². The van der Waals surface area contributed by atoms with E-state index < -0.39 is 12.7 Å². The number of ether oxygens (including phenoxy) is 1. The Hall–Kier alpha value is -2.48. The van der Waals surface area contributed by atoms with Crippen LogP contribution in [0.1, 0.15) is 23.3 Å². The SMILES string of the molecule is O=C(NCCc1ccc(OC(F)F)cc1)[C@H]1CCCN1C(=O)Cc1cccs1. The maximum atomic E-state index is 12.5. The lowest BCUT2D eigenvalue weighted by Crippen LogP contribution is -2.46. The third kappa shape index (κ3) is 5.51. The van der Waals surface area contributed by atoms with Crippen LogP contribution in [0.25, 0.3) is 0 Å². The topological polar surface area (TPSA) is 58.6 Å². The molecule has 1 saturated heterocycles. The first kappa shape index (κ1) is 20.3. The fourth-order valence-electron chi connectivity index (χ4n) is 3.29. The van der Waals surface area contributed by atoms with Crippen LogP contribution in [-0.4, -0.2) is 42.5 Å². The minimum Gasteiger partial charge on any atom is -0.435 e. The van der Waals surface area contributed by atoms with Gasteiger partial charge in [0.1, 0.15) is 11.8 Å². The lowest BCUT2D eigenvalue weighted by Gasteiger charge is -2.24. The van der Waals surface area contributed by atoms with E-state index in [-0.39, 0.29) is 17.6 Å². The Morgan fingerprint density at radius 2 is 2.04 bits per heavy atom. The summed E-state index contributed by atoms with van der Waals surface area (Å²) in [6.45, 7) is -1.83. The van der Waals surface area contributed by atoms with Gasteiger partial charge in [0, 0.05) is 18.0 Å². The average molecular weight is 408 g/mol. The molecule has 1 N–H and O–H groups in total. The summed E-state index contributed by atoms with van der Waals surface area (Å²) >= 11 is 1.54. The van der Waals surface area contributed by atoms with E-state index in [1.807, 2.05) is 17.5 Å². The number of hydrogen-bond donors (Lipinski definition) is 1. The first-order valence-electron chi connectivity index (χ1n) is 9.16. The van der Waals surface area contributed by atoms with Gasteiger partial charge in [-0.3, -0.25) is 9.59 Å². The maximum absolute atomic E-state index is 12.5. The molecule has 8 heteroatoms. The van der Waals surface area contributed by atoms with Crippen molar-refractivity contribution >= 4 is 23.2 Å². The Bertz CT molecular complexity index is 781. The van der Waals surface area contributed by atoms with Crippen molar-refractivity contribution in [3.63, 3.8) is 0 Å². The minimum atomic E-state index is -2.85. The van der Waals surface area contributed by atoms with Gasteiger partial charge in [-0.1, -0.05) is 18.2 Å². The predicted octanol–water partition coefficient (Wildman–Crippen LogP) is 3.24. The van der Waals surface area contributed by atoms with E-state index in [1.54, 1.807) is 17.0 Å². The molecule has 2 aromatic rings. The average Bonchev–Trinajstić information content (AvgIpc) is 3.34. The van der Waals surface area contributed by atoms with Gasteiger partial charge < -0.3 is 15.0 Å². The summed E-state index contributed by atoms with van der Waals surface area (Å²) in [5.41, 5.74) is 0.902. The summed E-state index contributed by atoms with van der Waals surface area (Å²) in [5, 5.41) is 4.82. The Balaban J connectivity index is 1.46. The number of thiophene rings is 1. The van der Waals surface area contributed by atoms with Crippen LogP contribution in [0.4, 0.5) is 8.78 Å². The van der Waals surface area contributed by atoms with Crippen molar-refractivity contribution in [2.75, 3.05) is 13.1 Å². The Morgan fingerprint density at radius 3 is 2.71 bits per heavy atom. The molecule has 0 unspecified atom stereocenters. The molecular formula is C20H22F2N2O3S. The molecule has 2 heterocycles. The number of rotatable bonds is 8. The van der Waals surface area contributed by atoms with Gasteiger partial charge in [-0.25, -0.2) is 0 Å². The van der Waals surface area contributed by atoms with Crippen LogP contribution in [0.5, 0.6) is 5.75 Å². The number of nitrogens with one attached hydrogen (secondary N) is 1. The van der Waals surface area contributed by atoms with Gasteiger partial charge >= 0.3 is 6.61 Å². The van der Waals surface area contributed by atoms with Crippen LogP contribution in [-0.2, 0) is 22.4 Å². The number of carbonyl (C=O) groups excluding carboxylic acids is 2. The molecule has 5 nitrogen and oxygen atoms in total. The monoisotopic (exact) mass is 408 g/mol. The molecule has 0 aliphatic carbocycles. The molecule has 1 aromatic carbocycles. The zero-order chi connectivity index (χ0) is 19.9. The highest BCUT2D eigenvalue weighted by Crippen LogP contribution is 2.20. The molecule has 1 aromatic heterocycles.